The molecule has 0 saturated heterocycles. The number of aliphatic hydroxyl groups excluding tert-OH is 1. The highest BCUT2D eigenvalue weighted by Crippen LogP contribution is 2.35. The molecule has 0 bridgehead atoms. The first-order valence-electron chi connectivity index (χ1n) is 5.03. The molecule has 82 valence electrons. The fourth-order valence-electron chi connectivity index (χ4n) is 1.56. The molecule has 0 aromatic heterocycles. The third-order valence-corrected chi connectivity index (χ3v) is 2.45. The van der Waals surface area contributed by atoms with Crippen molar-refractivity contribution in [1.29, 1.82) is 0 Å². The molecule has 1 aliphatic heterocycles. The second kappa shape index (κ2) is 4.40. The van der Waals surface area contributed by atoms with E-state index in [1.54, 1.807) is 0 Å². The summed E-state index contributed by atoms with van der Waals surface area (Å²) in [5.74, 6) is 1.60. The molecule has 4 nitrogen and oxygen atoms in total. The van der Waals surface area contributed by atoms with E-state index in [0.717, 1.165) is 30.2 Å². The van der Waals surface area contributed by atoms with E-state index in [9.17, 15) is 0 Å². The predicted molar refractivity (Wildman–Crippen MR) is 57.5 cm³/mol. The fourth-order valence-corrected chi connectivity index (χ4v) is 1.56. The van der Waals surface area contributed by atoms with Crippen LogP contribution in [0.5, 0.6) is 11.5 Å². The zero-order chi connectivity index (χ0) is 10.7. The van der Waals surface area contributed by atoms with E-state index in [1.165, 1.54) is 0 Å². The van der Waals surface area contributed by atoms with Crippen molar-refractivity contribution in [3.05, 3.63) is 18.2 Å². The highest BCUT2D eigenvalue weighted by Gasteiger charge is 2.14. The molecule has 0 radical (unpaired) electrons. The largest absolute Gasteiger partial charge is 0.454 e. The van der Waals surface area contributed by atoms with Gasteiger partial charge in [-0.25, -0.2) is 0 Å². The molecule has 0 saturated carbocycles. The predicted octanol–water partition coefficient (Wildman–Crippen LogP) is 1.23. The van der Waals surface area contributed by atoms with Crippen molar-refractivity contribution in [2.24, 2.45) is 0 Å². The van der Waals surface area contributed by atoms with E-state index >= 15 is 0 Å². The van der Waals surface area contributed by atoms with Crippen LogP contribution in [0.15, 0.2) is 18.2 Å². The Bertz CT molecular complexity index is 341. The van der Waals surface area contributed by atoms with Gasteiger partial charge in [0.1, 0.15) is 0 Å². The fraction of sp³-hybridized carbons (Fsp3) is 0.455. The summed E-state index contributed by atoms with van der Waals surface area (Å²) in [6.07, 6.45) is 0.769. The molecule has 0 spiro atoms. The second-order valence-electron chi connectivity index (χ2n) is 3.54. The third kappa shape index (κ3) is 2.15. The van der Waals surface area contributed by atoms with Gasteiger partial charge in [0.15, 0.2) is 11.5 Å². The summed E-state index contributed by atoms with van der Waals surface area (Å²) >= 11 is 0. The van der Waals surface area contributed by atoms with E-state index in [2.05, 4.69) is 4.90 Å². The summed E-state index contributed by atoms with van der Waals surface area (Å²) in [4.78, 5) is 2.08. The monoisotopic (exact) mass is 209 g/mol. The first-order chi connectivity index (χ1) is 7.31. The number of rotatable bonds is 4. The molecule has 1 N–H and O–H groups in total. The lowest BCUT2D eigenvalue weighted by Gasteiger charge is -2.18. The molecule has 0 fully saturated rings. The van der Waals surface area contributed by atoms with Gasteiger partial charge in [0.25, 0.3) is 0 Å². The molecule has 1 heterocycles. The van der Waals surface area contributed by atoms with Gasteiger partial charge in [-0.3, -0.25) is 0 Å². The van der Waals surface area contributed by atoms with Crippen molar-refractivity contribution in [3.63, 3.8) is 0 Å². The number of hydrogen-bond donors (Lipinski definition) is 1. The highest BCUT2D eigenvalue weighted by atomic mass is 16.7. The minimum absolute atomic E-state index is 0.217. The number of fused-ring (bicyclic) bond motifs is 1. The molecular formula is C11H15NO3. The molecule has 1 aromatic carbocycles. The lowest BCUT2D eigenvalue weighted by molar-refractivity contribution is 0.174. The molecule has 0 atom stereocenters. The first-order valence-corrected chi connectivity index (χ1v) is 5.03. The summed E-state index contributed by atoms with van der Waals surface area (Å²) in [7, 11) is 1.99. The SMILES string of the molecule is CN(CCCO)c1ccc2c(c1)OCO2. The van der Waals surface area contributed by atoms with Crippen LogP contribution in [0.4, 0.5) is 5.69 Å². The molecule has 1 aliphatic rings. The van der Waals surface area contributed by atoms with Crippen molar-refractivity contribution in [2.45, 2.75) is 6.42 Å². The summed E-state index contributed by atoms with van der Waals surface area (Å²) in [5.41, 5.74) is 1.08. The van der Waals surface area contributed by atoms with Crippen molar-refractivity contribution < 1.29 is 14.6 Å². The number of hydrogen-bond acceptors (Lipinski definition) is 4. The Morgan fingerprint density at radius 1 is 1.33 bits per heavy atom. The van der Waals surface area contributed by atoms with Crippen LogP contribution < -0.4 is 14.4 Å². The van der Waals surface area contributed by atoms with E-state index in [4.69, 9.17) is 14.6 Å². The molecule has 2 rings (SSSR count). The van der Waals surface area contributed by atoms with Gasteiger partial charge in [0, 0.05) is 32.0 Å². The average Bonchev–Trinajstić information content (AvgIpc) is 2.72. The Labute approximate surface area is 89.0 Å². The minimum atomic E-state index is 0.217. The van der Waals surface area contributed by atoms with Gasteiger partial charge >= 0.3 is 0 Å². The number of nitrogens with zero attached hydrogens (tertiary/aromatic N) is 1. The van der Waals surface area contributed by atoms with E-state index in [1.807, 2.05) is 25.2 Å². The molecular weight excluding hydrogens is 194 g/mol. The lowest BCUT2D eigenvalue weighted by Crippen LogP contribution is -2.19. The second-order valence-corrected chi connectivity index (χ2v) is 3.54. The molecule has 0 unspecified atom stereocenters. The molecule has 0 aliphatic carbocycles. The number of aliphatic hydroxyl groups is 1. The molecule has 1 aromatic rings. The Balaban J connectivity index is 2.08. The summed E-state index contributed by atoms with van der Waals surface area (Å²) in [6, 6.07) is 5.86. The summed E-state index contributed by atoms with van der Waals surface area (Å²) in [6.45, 7) is 1.35. The average molecular weight is 209 g/mol. The third-order valence-electron chi connectivity index (χ3n) is 2.45. The zero-order valence-electron chi connectivity index (χ0n) is 8.77. The quantitative estimate of drug-likeness (QED) is 0.810. The first kappa shape index (κ1) is 10.1. The number of benzene rings is 1. The van der Waals surface area contributed by atoms with Crippen LogP contribution in [0.3, 0.4) is 0 Å². The van der Waals surface area contributed by atoms with Crippen molar-refractivity contribution in [1.82, 2.24) is 0 Å². The van der Waals surface area contributed by atoms with Gasteiger partial charge in [-0.2, -0.15) is 0 Å². The summed E-state index contributed by atoms with van der Waals surface area (Å²) in [5, 5.41) is 8.75. The molecule has 15 heavy (non-hydrogen) atoms. The maximum Gasteiger partial charge on any atom is 0.231 e. The Morgan fingerprint density at radius 2 is 2.13 bits per heavy atom. The van der Waals surface area contributed by atoms with Crippen LogP contribution in [-0.2, 0) is 0 Å². The standard InChI is InChI=1S/C11H15NO3/c1-12(5-2-6-13)9-3-4-10-11(7-9)15-8-14-10/h3-4,7,13H,2,5-6,8H2,1H3. The Kier molecular flexibility index (Phi) is 2.97. The van der Waals surface area contributed by atoms with Gasteiger partial charge in [-0.15, -0.1) is 0 Å². The van der Waals surface area contributed by atoms with Crippen LogP contribution >= 0.6 is 0 Å². The molecule has 0 amide bonds. The highest BCUT2D eigenvalue weighted by molar-refractivity contribution is 5.56. The van der Waals surface area contributed by atoms with E-state index in [-0.39, 0.29) is 6.61 Å². The molecule has 4 heteroatoms. The lowest BCUT2D eigenvalue weighted by atomic mass is 10.2. The van der Waals surface area contributed by atoms with Gasteiger partial charge in [0.2, 0.25) is 6.79 Å². The van der Waals surface area contributed by atoms with Crippen LogP contribution in [-0.4, -0.2) is 32.1 Å². The van der Waals surface area contributed by atoms with Gasteiger partial charge < -0.3 is 19.5 Å². The van der Waals surface area contributed by atoms with Crippen molar-refractivity contribution >= 4 is 5.69 Å². The van der Waals surface area contributed by atoms with Crippen molar-refractivity contribution in [3.8, 4) is 11.5 Å². The van der Waals surface area contributed by atoms with Crippen LogP contribution in [0.25, 0.3) is 0 Å². The summed E-state index contributed by atoms with van der Waals surface area (Å²) < 4.78 is 10.5. The number of anilines is 1. The van der Waals surface area contributed by atoms with Crippen LogP contribution in [0.2, 0.25) is 0 Å². The van der Waals surface area contributed by atoms with Crippen LogP contribution in [0.1, 0.15) is 6.42 Å². The van der Waals surface area contributed by atoms with Gasteiger partial charge in [0.05, 0.1) is 0 Å². The van der Waals surface area contributed by atoms with Crippen molar-refractivity contribution in [2.75, 3.05) is 31.9 Å². The minimum Gasteiger partial charge on any atom is -0.454 e. The van der Waals surface area contributed by atoms with Crippen LogP contribution in [0, 0.1) is 0 Å². The van der Waals surface area contributed by atoms with E-state index in [0.29, 0.717) is 6.79 Å². The maximum absolute atomic E-state index is 8.75. The smallest absolute Gasteiger partial charge is 0.231 e. The van der Waals surface area contributed by atoms with Gasteiger partial charge in [-0.1, -0.05) is 0 Å². The van der Waals surface area contributed by atoms with E-state index < -0.39 is 0 Å². The number of ether oxygens (including phenoxy) is 2. The normalized spacial score (nSPS) is 12.9. The zero-order valence-corrected chi connectivity index (χ0v) is 8.77. The van der Waals surface area contributed by atoms with Gasteiger partial charge in [-0.05, 0) is 18.6 Å². The Morgan fingerprint density at radius 3 is 2.93 bits per heavy atom. The topological polar surface area (TPSA) is 41.9 Å². The maximum atomic E-state index is 8.75. The Hall–Kier alpha value is -1.42.